The zero-order valence-corrected chi connectivity index (χ0v) is 8.06. The van der Waals surface area contributed by atoms with Crippen LogP contribution >= 0.6 is 0 Å². The summed E-state index contributed by atoms with van der Waals surface area (Å²) in [5.41, 5.74) is 0. The minimum atomic E-state index is -1.58. The van der Waals surface area contributed by atoms with Gasteiger partial charge in [0.1, 0.15) is 18.3 Å². The molecule has 0 bridgehead atoms. The van der Waals surface area contributed by atoms with Crippen molar-refractivity contribution >= 4 is 0 Å². The number of hydrogen-bond acceptors (Lipinski definition) is 7. The van der Waals surface area contributed by atoms with Gasteiger partial charge >= 0.3 is 0 Å². The molecular weight excluding hydrogens is 206 g/mol. The molecule has 0 aliphatic carbocycles. The Kier molecular flexibility index (Phi) is 4.41. The van der Waals surface area contributed by atoms with E-state index < -0.39 is 43.2 Å². The Hall–Kier alpha value is -0.280. The van der Waals surface area contributed by atoms with Crippen LogP contribution in [-0.2, 0) is 0 Å². The fourth-order valence-corrected chi connectivity index (χ4v) is 1.61. The molecule has 1 heterocycles. The molecule has 0 spiro atoms. The highest BCUT2D eigenvalue weighted by Gasteiger charge is 2.41. The third kappa shape index (κ3) is 2.64. The molecule has 0 aromatic heterocycles. The summed E-state index contributed by atoms with van der Waals surface area (Å²) in [6.45, 7) is -0.589. The molecule has 7 heteroatoms. The fraction of sp³-hybridized carbons (Fsp3) is 1.00. The molecule has 90 valence electrons. The smallest absolute Gasteiger partial charge is 0.110 e. The van der Waals surface area contributed by atoms with Gasteiger partial charge in [0.15, 0.2) is 0 Å². The summed E-state index contributed by atoms with van der Waals surface area (Å²) >= 11 is 0. The molecule has 0 aromatic rings. The van der Waals surface area contributed by atoms with Gasteiger partial charge in [-0.15, -0.1) is 0 Å². The van der Waals surface area contributed by atoms with Crippen LogP contribution in [0.1, 0.15) is 0 Å². The second-order valence-corrected chi connectivity index (χ2v) is 3.72. The third-order valence-electron chi connectivity index (χ3n) is 2.62. The Bertz CT molecular complexity index is 204. The Morgan fingerprint density at radius 2 is 1.80 bits per heavy atom. The molecule has 1 saturated heterocycles. The Morgan fingerprint density at radius 3 is 2.20 bits per heavy atom. The normalized spacial score (nSPS) is 37.6. The summed E-state index contributed by atoms with van der Waals surface area (Å²) in [6, 6.07) is -0.920. The lowest BCUT2D eigenvalue weighted by atomic mass is 9.97. The van der Waals surface area contributed by atoms with Crippen molar-refractivity contribution in [3.63, 3.8) is 0 Å². The average Bonchev–Trinajstić information content (AvgIpc) is 2.56. The standard InChI is InChI=1S/C8H17NO6/c10-2-4(12)7(14)8(15)5-6(13)3(11)1-9-5/h3-15H,1-2H2/t3-,4-,5?,6+,7-,8-/m1/s1. The highest BCUT2D eigenvalue weighted by Crippen LogP contribution is 2.15. The quantitative estimate of drug-likeness (QED) is 0.257. The first-order valence-corrected chi connectivity index (χ1v) is 4.73. The van der Waals surface area contributed by atoms with E-state index in [2.05, 4.69) is 5.32 Å². The third-order valence-corrected chi connectivity index (χ3v) is 2.62. The predicted octanol–water partition coefficient (Wildman–Crippen LogP) is -4.24. The molecule has 1 unspecified atom stereocenters. The largest absolute Gasteiger partial charge is 0.394 e. The van der Waals surface area contributed by atoms with Crippen LogP contribution in [0.3, 0.4) is 0 Å². The van der Waals surface area contributed by atoms with Crippen molar-refractivity contribution in [2.75, 3.05) is 13.2 Å². The molecular formula is C8H17NO6. The number of β-amino-alcohol motifs (C(OH)–C–C–N with tert-alkyl or cyclic N) is 1. The van der Waals surface area contributed by atoms with E-state index in [1.165, 1.54) is 0 Å². The molecule has 1 rings (SSSR count). The highest BCUT2D eigenvalue weighted by molar-refractivity contribution is 4.97. The maximum atomic E-state index is 9.55. The number of rotatable bonds is 4. The van der Waals surface area contributed by atoms with E-state index in [1.807, 2.05) is 0 Å². The van der Waals surface area contributed by atoms with Crippen molar-refractivity contribution in [2.45, 2.75) is 36.6 Å². The fourth-order valence-electron chi connectivity index (χ4n) is 1.61. The van der Waals surface area contributed by atoms with Crippen LogP contribution < -0.4 is 5.32 Å². The van der Waals surface area contributed by atoms with Crippen molar-refractivity contribution < 1.29 is 30.6 Å². The van der Waals surface area contributed by atoms with Gasteiger partial charge in [0.25, 0.3) is 0 Å². The molecule has 0 aromatic carbocycles. The van der Waals surface area contributed by atoms with Crippen molar-refractivity contribution in [2.24, 2.45) is 0 Å². The molecule has 0 saturated carbocycles. The zero-order valence-electron chi connectivity index (χ0n) is 8.06. The number of aliphatic hydroxyl groups is 6. The first-order valence-electron chi connectivity index (χ1n) is 4.73. The van der Waals surface area contributed by atoms with Crippen LogP contribution in [0, 0.1) is 0 Å². The molecule has 1 fully saturated rings. The van der Waals surface area contributed by atoms with Crippen LogP contribution in [0.15, 0.2) is 0 Å². The average molecular weight is 223 g/mol. The second kappa shape index (κ2) is 5.17. The molecule has 0 radical (unpaired) electrons. The lowest BCUT2D eigenvalue weighted by Crippen LogP contribution is -2.53. The first-order chi connectivity index (χ1) is 6.99. The molecule has 0 amide bonds. The van der Waals surface area contributed by atoms with Crippen molar-refractivity contribution in [1.82, 2.24) is 5.32 Å². The Morgan fingerprint density at radius 1 is 1.20 bits per heavy atom. The summed E-state index contributed by atoms with van der Waals surface area (Å²) in [5, 5.41) is 57.7. The summed E-state index contributed by atoms with van der Waals surface area (Å²) < 4.78 is 0. The number of aliphatic hydroxyl groups excluding tert-OH is 6. The van der Waals surface area contributed by atoms with E-state index in [9.17, 15) is 20.4 Å². The molecule has 1 aliphatic rings. The van der Waals surface area contributed by atoms with Gasteiger partial charge < -0.3 is 36.0 Å². The summed E-state index contributed by atoms with van der Waals surface area (Å²) in [6.07, 6.45) is -6.73. The maximum Gasteiger partial charge on any atom is 0.110 e. The van der Waals surface area contributed by atoms with Crippen LogP contribution in [0.25, 0.3) is 0 Å². The maximum absolute atomic E-state index is 9.55. The first kappa shape index (κ1) is 12.8. The molecule has 6 atom stereocenters. The molecule has 7 nitrogen and oxygen atoms in total. The molecule has 1 aliphatic heterocycles. The van der Waals surface area contributed by atoms with Gasteiger partial charge in [0, 0.05) is 6.54 Å². The van der Waals surface area contributed by atoms with E-state index >= 15 is 0 Å². The molecule has 7 N–H and O–H groups in total. The van der Waals surface area contributed by atoms with Gasteiger partial charge in [0.05, 0.1) is 24.9 Å². The van der Waals surface area contributed by atoms with Crippen LogP contribution in [0.5, 0.6) is 0 Å². The van der Waals surface area contributed by atoms with Gasteiger partial charge in [0.2, 0.25) is 0 Å². The topological polar surface area (TPSA) is 133 Å². The van der Waals surface area contributed by atoms with E-state index in [0.717, 1.165) is 0 Å². The van der Waals surface area contributed by atoms with E-state index in [4.69, 9.17) is 10.2 Å². The SMILES string of the molecule is OC[C@@H](O)[C@@H](O)[C@H](O)C1NC[C@@H](O)[C@@H]1O. The van der Waals surface area contributed by atoms with Gasteiger partial charge in [-0.3, -0.25) is 0 Å². The number of nitrogens with one attached hydrogen (secondary N) is 1. The highest BCUT2D eigenvalue weighted by atomic mass is 16.4. The zero-order chi connectivity index (χ0) is 11.6. The van der Waals surface area contributed by atoms with Crippen LogP contribution in [-0.4, -0.2) is 80.4 Å². The Labute approximate surface area is 86.6 Å². The lowest BCUT2D eigenvalue weighted by Gasteiger charge is -2.28. The predicted molar refractivity (Wildman–Crippen MR) is 48.9 cm³/mol. The van der Waals surface area contributed by atoms with Crippen molar-refractivity contribution in [3.8, 4) is 0 Å². The Balaban J connectivity index is 2.56. The monoisotopic (exact) mass is 223 g/mol. The van der Waals surface area contributed by atoms with Crippen LogP contribution in [0.4, 0.5) is 0 Å². The lowest BCUT2D eigenvalue weighted by molar-refractivity contribution is -0.1000. The molecule has 15 heavy (non-hydrogen) atoms. The van der Waals surface area contributed by atoms with E-state index in [1.54, 1.807) is 0 Å². The van der Waals surface area contributed by atoms with Crippen molar-refractivity contribution in [3.05, 3.63) is 0 Å². The van der Waals surface area contributed by atoms with Crippen molar-refractivity contribution in [1.29, 1.82) is 0 Å². The van der Waals surface area contributed by atoms with Crippen LogP contribution in [0.2, 0.25) is 0 Å². The summed E-state index contributed by atoms with van der Waals surface area (Å²) in [7, 11) is 0. The summed E-state index contributed by atoms with van der Waals surface area (Å²) in [5.74, 6) is 0. The minimum absolute atomic E-state index is 0.102. The number of hydrogen-bond donors (Lipinski definition) is 7. The van der Waals surface area contributed by atoms with Gasteiger partial charge in [-0.05, 0) is 0 Å². The second-order valence-electron chi connectivity index (χ2n) is 3.72. The van der Waals surface area contributed by atoms with E-state index in [-0.39, 0.29) is 6.54 Å². The van der Waals surface area contributed by atoms with Gasteiger partial charge in [-0.2, -0.15) is 0 Å². The minimum Gasteiger partial charge on any atom is -0.394 e. The van der Waals surface area contributed by atoms with Gasteiger partial charge in [-0.1, -0.05) is 0 Å². The summed E-state index contributed by atoms with van der Waals surface area (Å²) in [4.78, 5) is 0. The van der Waals surface area contributed by atoms with Gasteiger partial charge in [-0.25, -0.2) is 0 Å². The van der Waals surface area contributed by atoms with E-state index in [0.29, 0.717) is 0 Å².